The van der Waals surface area contributed by atoms with Gasteiger partial charge in [0.05, 0.1) is 11.0 Å². The van der Waals surface area contributed by atoms with Crippen molar-refractivity contribution in [2.24, 2.45) is 0 Å². The SMILES string of the molecule is CC(C)Oc1ccc(S(=O)(=O)Nc2ccc3c(n2)NC(=O)CO3)cc1. The summed E-state index contributed by atoms with van der Waals surface area (Å²) < 4.78 is 38.0. The number of carbonyl (C=O) groups is 1. The quantitative estimate of drug-likeness (QED) is 0.841. The molecule has 1 aliphatic heterocycles. The molecule has 0 unspecified atom stereocenters. The van der Waals surface area contributed by atoms with Gasteiger partial charge >= 0.3 is 0 Å². The molecule has 132 valence electrons. The van der Waals surface area contributed by atoms with Gasteiger partial charge in [-0.3, -0.25) is 9.52 Å². The number of anilines is 2. The zero-order valence-electron chi connectivity index (χ0n) is 13.6. The van der Waals surface area contributed by atoms with Gasteiger partial charge in [-0.25, -0.2) is 13.4 Å². The largest absolute Gasteiger partial charge is 0.491 e. The molecular formula is C16H17N3O5S. The average molecular weight is 363 g/mol. The Bertz CT molecular complexity index is 894. The minimum Gasteiger partial charge on any atom is -0.491 e. The number of amides is 1. The van der Waals surface area contributed by atoms with Crippen molar-refractivity contribution in [1.29, 1.82) is 0 Å². The first-order valence-electron chi connectivity index (χ1n) is 7.57. The Morgan fingerprint density at radius 2 is 1.92 bits per heavy atom. The maximum Gasteiger partial charge on any atom is 0.263 e. The summed E-state index contributed by atoms with van der Waals surface area (Å²) >= 11 is 0. The smallest absolute Gasteiger partial charge is 0.263 e. The normalized spacial score (nSPS) is 13.6. The van der Waals surface area contributed by atoms with Gasteiger partial charge in [-0.1, -0.05) is 0 Å². The van der Waals surface area contributed by atoms with Gasteiger partial charge in [-0.2, -0.15) is 0 Å². The van der Waals surface area contributed by atoms with E-state index in [9.17, 15) is 13.2 Å². The molecule has 3 rings (SSSR count). The molecular weight excluding hydrogens is 346 g/mol. The Hall–Kier alpha value is -2.81. The van der Waals surface area contributed by atoms with Crippen LogP contribution in [0.15, 0.2) is 41.3 Å². The van der Waals surface area contributed by atoms with E-state index in [1.54, 1.807) is 18.2 Å². The molecule has 9 heteroatoms. The van der Waals surface area contributed by atoms with E-state index in [1.807, 2.05) is 13.8 Å². The van der Waals surface area contributed by atoms with Gasteiger partial charge in [0.1, 0.15) is 11.6 Å². The monoisotopic (exact) mass is 363 g/mol. The molecule has 0 bridgehead atoms. The molecule has 1 aromatic carbocycles. The second kappa shape index (κ2) is 6.60. The lowest BCUT2D eigenvalue weighted by atomic mass is 10.3. The summed E-state index contributed by atoms with van der Waals surface area (Å²) in [7, 11) is -3.82. The third-order valence-corrected chi connectivity index (χ3v) is 4.59. The zero-order chi connectivity index (χ0) is 18.0. The number of rotatable bonds is 5. The van der Waals surface area contributed by atoms with E-state index in [-0.39, 0.29) is 35.1 Å². The fourth-order valence-corrected chi connectivity index (χ4v) is 3.19. The molecule has 0 radical (unpaired) electrons. The first kappa shape index (κ1) is 17.0. The molecule has 0 aliphatic carbocycles. The molecule has 1 amide bonds. The van der Waals surface area contributed by atoms with Crippen LogP contribution in [0.2, 0.25) is 0 Å². The summed E-state index contributed by atoms with van der Waals surface area (Å²) in [4.78, 5) is 15.5. The average Bonchev–Trinajstić information content (AvgIpc) is 2.54. The molecule has 1 aliphatic rings. The van der Waals surface area contributed by atoms with Crippen LogP contribution in [0, 0.1) is 0 Å². The Morgan fingerprint density at radius 3 is 2.60 bits per heavy atom. The van der Waals surface area contributed by atoms with Crippen molar-refractivity contribution < 1.29 is 22.7 Å². The van der Waals surface area contributed by atoms with Crippen molar-refractivity contribution >= 4 is 27.6 Å². The predicted octanol–water partition coefficient (Wildman–Crippen LogP) is 2.00. The first-order chi connectivity index (χ1) is 11.8. The van der Waals surface area contributed by atoms with Crippen molar-refractivity contribution in [2.45, 2.75) is 24.8 Å². The van der Waals surface area contributed by atoms with Crippen molar-refractivity contribution in [2.75, 3.05) is 16.6 Å². The number of fused-ring (bicyclic) bond motifs is 1. The van der Waals surface area contributed by atoms with Crippen LogP contribution in [0.4, 0.5) is 11.6 Å². The van der Waals surface area contributed by atoms with Crippen molar-refractivity contribution in [3.8, 4) is 11.5 Å². The molecule has 2 heterocycles. The summed E-state index contributed by atoms with van der Waals surface area (Å²) in [6.45, 7) is 3.68. The van der Waals surface area contributed by atoms with Gasteiger partial charge in [0.25, 0.3) is 15.9 Å². The van der Waals surface area contributed by atoms with Crippen LogP contribution in [-0.4, -0.2) is 32.0 Å². The highest BCUT2D eigenvalue weighted by molar-refractivity contribution is 7.92. The van der Waals surface area contributed by atoms with Crippen molar-refractivity contribution in [3.63, 3.8) is 0 Å². The van der Waals surface area contributed by atoms with Crippen molar-refractivity contribution in [3.05, 3.63) is 36.4 Å². The van der Waals surface area contributed by atoms with E-state index >= 15 is 0 Å². The van der Waals surface area contributed by atoms with Gasteiger partial charge in [0.15, 0.2) is 18.2 Å². The topological polar surface area (TPSA) is 107 Å². The molecule has 8 nitrogen and oxygen atoms in total. The Balaban J connectivity index is 1.79. The second-order valence-electron chi connectivity index (χ2n) is 5.62. The number of pyridine rings is 1. The van der Waals surface area contributed by atoms with Gasteiger partial charge in [-0.15, -0.1) is 0 Å². The second-order valence-corrected chi connectivity index (χ2v) is 7.31. The van der Waals surface area contributed by atoms with E-state index in [0.717, 1.165) is 0 Å². The number of nitrogens with zero attached hydrogens (tertiary/aromatic N) is 1. The van der Waals surface area contributed by atoms with Crippen LogP contribution in [-0.2, 0) is 14.8 Å². The van der Waals surface area contributed by atoms with Crippen LogP contribution in [0.5, 0.6) is 11.5 Å². The van der Waals surface area contributed by atoms with Crippen molar-refractivity contribution in [1.82, 2.24) is 4.98 Å². The highest BCUT2D eigenvalue weighted by atomic mass is 32.2. The van der Waals surface area contributed by atoms with E-state index in [4.69, 9.17) is 9.47 Å². The van der Waals surface area contributed by atoms with E-state index < -0.39 is 10.0 Å². The molecule has 2 aromatic rings. The standard InChI is InChI=1S/C16H17N3O5S/c1-10(2)24-11-3-5-12(6-4-11)25(21,22)19-14-8-7-13-16(17-14)18-15(20)9-23-13/h3-8,10H,9H2,1-2H3,(H2,17,18,19,20). The number of benzene rings is 1. The third-order valence-electron chi connectivity index (χ3n) is 3.22. The minimum absolute atomic E-state index is 0.00212. The molecule has 0 fully saturated rings. The number of nitrogens with one attached hydrogen (secondary N) is 2. The van der Waals surface area contributed by atoms with Gasteiger partial charge in [0.2, 0.25) is 0 Å². The van der Waals surface area contributed by atoms with E-state index in [0.29, 0.717) is 11.5 Å². The van der Waals surface area contributed by atoms with Gasteiger partial charge in [-0.05, 0) is 50.2 Å². The molecule has 0 spiro atoms. The van der Waals surface area contributed by atoms with Crippen LogP contribution in [0.3, 0.4) is 0 Å². The first-order valence-corrected chi connectivity index (χ1v) is 9.05. The van der Waals surface area contributed by atoms with E-state index in [1.165, 1.54) is 18.2 Å². The number of ether oxygens (including phenoxy) is 2. The fourth-order valence-electron chi connectivity index (χ4n) is 2.19. The summed E-state index contributed by atoms with van der Waals surface area (Å²) in [6, 6.07) is 9.07. The van der Waals surface area contributed by atoms with Crippen LogP contribution in [0.25, 0.3) is 0 Å². The van der Waals surface area contributed by atoms with Crippen LogP contribution in [0.1, 0.15) is 13.8 Å². The maximum atomic E-state index is 12.5. The Morgan fingerprint density at radius 1 is 1.20 bits per heavy atom. The number of sulfonamides is 1. The molecule has 0 saturated heterocycles. The summed E-state index contributed by atoms with van der Waals surface area (Å²) in [5, 5.41) is 2.53. The lowest BCUT2D eigenvalue weighted by Crippen LogP contribution is -2.26. The summed E-state index contributed by atoms with van der Waals surface area (Å²) in [6.07, 6.45) is -0.00212. The van der Waals surface area contributed by atoms with Gasteiger partial charge < -0.3 is 14.8 Å². The number of hydrogen-bond donors (Lipinski definition) is 2. The molecule has 0 atom stereocenters. The predicted molar refractivity (Wildman–Crippen MR) is 91.4 cm³/mol. The maximum absolute atomic E-state index is 12.5. The number of aromatic nitrogens is 1. The summed E-state index contributed by atoms with van der Waals surface area (Å²) in [5.41, 5.74) is 0. The highest BCUT2D eigenvalue weighted by Gasteiger charge is 2.20. The van der Waals surface area contributed by atoms with Crippen LogP contribution >= 0.6 is 0 Å². The zero-order valence-corrected chi connectivity index (χ0v) is 14.5. The van der Waals surface area contributed by atoms with Crippen LogP contribution < -0.4 is 19.5 Å². The lowest BCUT2D eigenvalue weighted by Gasteiger charge is -2.17. The minimum atomic E-state index is -3.82. The fraction of sp³-hybridized carbons (Fsp3) is 0.250. The number of hydrogen-bond acceptors (Lipinski definition) is 6. The molecule has 1 aromatic heterocycles. The highest BCUT2D eigenvalue weighted by Crippen LogP contribution is 2.28. The van der Waals surface area contributed by atoms with Gasteiger partial charge in [0, 0.05) is 0 Å². The molecule has 25 heavy (non-hydrogen) atoms. The molecule has 0 saturated carbocycles. The number of carbonyl (C=O) groups excluding carboxylic acids is 1. The Labute approximate surface area is 145 Å². The Kier molecular flexibility index (Phi) is 4.49. The third kappa shape index (κ3) is 4.00. The summed E-state index contributed by atoms with van der Waals surface area (Å²) in [5.74, 6) is 0.878. The lowest BCUT2D eigenvalue weighted by molar-refractivity contribution is -0.118. The van der Waals surface area contributed by atoms with E-state index in [2.05, 4.69) is 15.0 Å². The molecule has 2 N–H and O–H groups in total.